The molecule has 0 bridgehead atoms. The second kappa shape index (κ2) is 4.80. The molecular weight excluding hydrogens is 188 g/mol. The predicted octanol–water partition coefficient (Wildman–Crippen LogP) is 4.05. The van der Waals surface area contributed by atoms with Gasteiger partial charge < -0.3 is 4.43 Å². The van der Waals surface area contributed by atoms with Crippen molar-refractivity contribution in [1.29, 1.82) is 0 Å². The zero-order valence-corrected chi connectivity index (χ0v) is 11.5. The Hall–Kier alpha value is 0.177. The van der Waals surface area contributed by atoms with Crippen LogP contribution in [0.3, 0.4) is 0 Å². The average Bonchev–Trinajstić information content (AvgIpc) is 2.48. The molecule has 0 saturated heterocycles. The summed E-state index contributed by atoms with van der Waals surface area (Å²) >= 11 is 0. The monoisotopic (exact) mass is 214 g/mol. The minimum absolute atomic E-state index is 0.584. The Balaban J connectivity index is 2.34. The second-order valence-electron chi connectivity index (χ2n) is 5.81. The summed E-state index contributed by atoms with van der Waals surface area (Å²) in [6.45, 7) is 11.6. The summed E-state index contributed by atoms with van der Waals surface area (Å²) in [7, 11) is -1.30. The summed E-state index contributed by atoms with van der Waals surface area (Å²) < 4.78 is 6.16. The highest BCUT2D eigenvalue weighted by Crippen LogP contribution is 2.35. The second-order valence-corrected chi connectivity index (χ2v) is 10.3. The molecule has 0 amide bonds. The molecule has 84 valence electrons. The molecule has 0 spiro atoms. The van der Waals surface area contributed by atoms with Crippen LogP contribution in [0.5, 0.6) is 0 Å². The molecule has 1 aliphatic rings. The first-order chi connectivity index (χ1) is 6.42. The fourth-order valence-electron chi connectivity index (χ4n) is 2.43. The Morgan fingerprint density at radius 3 is 2.43 bits per heavy atom. The van der Waals surface area contributed by atoms with Crippen LogP contribution >= 0.6 is 0 Å². The SMILES string of the molecule is CCC(C)C1CCC(O[Si](C)(C)C)C1. The van der Waals surface area contributed by atoms with Crippen LogP contribution in [-0.4, -0.2) is 14.4 Å². The van der Waals surface area contributed by atoms with Crippen molar-refractivity contribution >= 4 is 8.32 Å². The number of hydrogen-bond donors (Lipinski definition) is 0. The van der Waals surface area contributed by atoms with Gasteiger partial charge in [-0.1, -0.05) is 20.3 Å². The Morgan fingerprint density at radius 2 is 1.93 bits per heavy atom. The van der Waals surface area contributed by atoms with E-state index in [-0.39, 0.29) is 0 Å². The summed E-state index contributed by atoms with van der Waals surface area (Å²) in [6, 6.07) is 0. The topological polar surface area (TPSA) is 9.23 Å². The molecule has 2 heteroatoms. The van der Waals surface area contributed by atoms with Crippen molar-refractivity contribution in [3.63, 3.8) is 0 Å². The van der Waals surface area contributed by atoms with Gasteiger partial charge in [0.15, 0.2) is 8.32 Å². The van der Waals surface area contributed by atoms with Gasteiger partial charge in [-0.25, -0.2) is 0 Å². The van der Waals surface area contributed by atoms with Crippen molar-refractivity contribution < 1.29 is 4.43 Å². The standard InChI is InChI=1S/C12H26OSi/c1-6-10(2)11-7-8-12(9-11)13-14(3,4)5/h10-12H,6-9H2,1-5H3. The Kier molecular flexibility index (Phi) is 4.20. The average molecular weight is 214 g/mol. The lowest BCUT2D eigenvalue weighted by Crippen LogP contribution is -2.30. The maximum Gasteiger partial charge on any atom is 0.184 e. The third kappa shape index (κ3) is 3.74. The first-order valence-electron chi connectivity index (χ1n) is 6.10. The van der Waals surface area contributed by atoms with Crippen LogP contribution in [0.15, 0.2) is 0 Å². The third-order valence-corrected chi connectivity index (χ3v) is 4.43. The molecule has 3 atom stereocenters. The fraction of sp³-hybridized carbons (Fsp3) is 1.00. The van der Waals surface area contributed by atoms with Crippen LogP contribution in [0, 0.1) is 11.8 Å². The van der Waals surface area contributed by atoms with Gasteiger partial charge in [-0.3, -0.25) is 0 Å². The largest absolute Gasteiger partial charge is 0.415 e. The molecule has 0 N–H and O–H groups in total. The van der Waals surface area contributed by atoms with Gasteiger partial charge in [0.25, 0.3) is 0 Å². The van der Waals surface area contributed by atoms with E-state index in [9.17, 15) is 0 Å². The minimum Gasteiger partial charge on any atom is -0.415 e. The molecule has 3 unspecified atom stereocenters. The lowest BCUT2D eigenvalue weighted by Gasteiger charge is -2.24. The van der Waals surface area contributed by atoms with Gasteiger partial charge in [-0.05, 0) is 50.7 Å². The van der Waals surface area contributed by atoms with Crippen molar-refractivity contribution in [3.8, 4) is 0 Å². The molecular formula is C12H26OSi. The van der Waals surface area contributed by atoms with Crippen LogP contribution in [-0.2, 0) is 4.43 Å². The molecule has 0 aromatic carbocycles. The zero-order chi connectivity index (χ0) is 10.8. The van der Waals surface area contributed by atoms with Gasteiger partial charge in [0.2, 0.25) is 0 Å². The van der Waals surface area contributed by atoms with Crippen molar-refractivity contribution in [2.24, 2.45) is 11.8 Å². The molecule has 1 aliphatic carbocycles. The smallest absolute Gasteiger partial charge is 0.184 e. The van der Waals surface area contributed by atoms with E-state index >= 15 is 0 Å². The lowest BCUT2D eigenvalue weighted by atomic mass is 9.90. The highest BCUT2D eigenvalue weighted by Gasteiger charge is 2.31. The van der Waals surface area contributed by atoms with Crippen LogP contribution in [0.1, 0.15) is 39.5 Å². The molecule has 1 rings (SSSR count). The van der Waals surface area contributed by atoms with Crippen molar-refractivity contribution in [2.45, 2.75) is 65.3 Å². The van der Waals surface area contributed by atoms with Gasteiger partial charge in [0.1, 0.15) is 0 Å². The molecule has 0 aliphatic heterocycles. The van der Waals surface area contributed by atoms with Gasteiger partial charge in [0.05, 0.1) is 0 Å². The molecule has 0 heterocycles. The van der Waals surface area contributed by atoms with E-state index in [2.05, 4.69) is 33.5 Å². The Labute approximate surface area is 90.4 Å². The van der Waals surface area contributed by atoms with E-state index < -0.39 is 8.32 Å². The highest BCUT2D eigenvalue weighted by molar-refractivity contribution is 6.69. The van der Waals surface area contributed by atoms with Crippen molar-refractivity contribution in [2.75, 3.05) is 0 Å². The predicted molar refractivity (Wildman–Crippen MR) is 65.0 cm³/mol. The van der Waals surface area contributed by atoms with Gasteiger partial charge in [0, 0.05) is 6.10 Å². The summed E-state index contributed by atoms with van der Waals surface area (Å²) in [6.07, 6.45) is 5.92. The van der Waals surface area contributed by atoms with E-state index in [0.29, 0.717) is 6.10 Å². The molecule has 0 aromatic rings. The maximum atomic E-state index is 6.16. The maximum absolute atomic E-state index is 6.16. The van der Waals surface area contributed by atoms with Crippen molar-refractivity contribution in [1.82, 2.24) is 0 Å². The fourth-order valence-corrected chi connectivity index (χ4v) is 3.64. The number of hydrogen-bond acceptors (Lipinski definition) is 1. The van der Waals surface area contributed by atoms with E-state index in [4.69, 9.17) is 4.43 Å². The Morgan fingerprint density at radius 1 is 1.29 bits per heavy atom. The quantitative estimate of drug-likeness (QED) is 0.641. The minimum atomic E-state index is -1.30. The molecule has 1 nitrogen and oxygen atoms in total. The summed E-state index contributed by atoms with van der Waals surface area (Å²) in [5.74, 6) is 1.83. The van der Waals surface area contributed by atoms with Crippen LogP contribution in [0.2, 0.25) is 19.6 Å². The van der Waals surface area contributed by atoms with E-state index in [1.807, 2.05) is 0 Å². The zero-order valence-electron chi connectivity index (χ0n) is 10.5. The van der Waals surface area contributed by atoms with Gasteiger partial charge in [-0.2, -0.15) is 0 Å². The third-order valence-electron chi connectivity index (χ3n) is 3.39. The van der Waals surface area contributed by atoms with Gasteiger partial charge in [-0.15, -0.1) is 0 Å². The van der Waals surface area contributed by atoms with E-state index in [1.165, 1.54) is 25.7 Å². The van der Waals surface area contributed by atoms with Crippen LogP contribution < -0.4 is 0 Å². The molecule has 1 fully saturated rings. The molecule has 1 saturated carbocycles. The number of rotatable bonds is 4. The van der Waals surface area contributed by atoms with E-state index in [0.717, 1.165) is 11.8 Å². The van der Waals surface area contributed by atoms with Crippen LogP contribution in [0.25, 0.3) is 0 Å². The summed E-state index contributed by atoms with van der Waals surface area (Å²) in [4.78, 5) is 0. The van der Waals surface area contributed by atoms with Crippen molar-refractivity contribution in [3.05, 3.63) is 0 Å². The first-order valence-corrected chi connectivity index (χ1v) is 9.51. The first kappa shape index (κ1) is 12.2. The Bertz CT molecular complexity index is 174. The van der Waals surface area contributed by atoms with Crippen LogP contribution in [0.4, 0.5) is 0 Å². The van der Waals surface area contributed by atoms with E-state index in [1.54, 1.807) is 0 Å². The molecule has 14 heavy (non-hydrogen) atoms. The molecule has 0 aromatic heterocycles. The summed E-state index contributed by atoms with van der Waals surface area (Å²) in [5.41, 5.74) is 0. The normalized spacial score (nSPS) is 30.6. The highest BCUT2D eigenvalue weighted by atomic mass is 28.4. The lowest BCUT2D eigenvalue weighted by molar-refractivity contribution is 0.189. The van der Waals surface area contributed by atoms with Gasteiger partial charge >= 0.3 is 0 Å². The molecule has 0 radical (unpaired) electrons. The summed E-state index contributed by atoms with van der Waals surface area (Å²) in [5, 5.41) is 0.